The first-order valence-electron chi connectivity index (χ1n) is 6.60. The fourth-order valence-electron chi connectivity index (χ4n) is 1.97. The molecule has 0 radical (unpaired) electrons. The summed E-state index contributed by atoms with van der Waals surface area (Å²) in [6.07, 6.45) is 0. The van der Waals surface area contributed by atoms with Crippen LogP contribution < -0.4 is 5.32 Å². The van der Waals surface area contributed by atoms with Crippen LogP contribution in [0, 0.1) is 12.7 Å². The molecule has 4 nitrogen and oxygen atoms in total. The summed E-state index contributed by atoms with van der Waals surface area (Å²) in [4.78, 5) is 12.0. The van der Waals surface area contributed by atoms with E-state index < -0.39 is 0 Å². The van der Waals surface area contributed by atoms with Crippen LogP contribution in [0.2, 0.25) is 0 Å². The smallest absolute Gasteiger partial charge is 0.257 e. The lowest BCUT2D eigenvalue weighted by Gasteiger charge is -2.01. The van der Waals surface area contributed by atoms with Crippen LogP contribution in [-0.4, -0.2) is 16.1 Å². The Morgan fingerprint density at radius 2 is 1.82 bits per heavy atom. The van der Waals surface area contributed by atoms with Gasteiger partial charge in [0.15, 0.2) is 0 Å². The molecule has 0 fully saturated rings. The third-order valence-corrected chi connectivity index (χ3v) is 4.00. The summed E-state index contributed by atoms with van der Waals surface area (Å²) in [5, 5.41) is 11.9. The van der Waals surface area contributed by atoms with Gasteiger partial charge in [0.05, 0.1) is 0 Å². The van der Waals surface area contributed by atoms with E-state index in [-0.39, 0.29) is 11.7 Å². The zero-order chi connectivity index (χ0) is 15.5. The van der Waals surface area contributed by atoms with E-state index in [0.29, 0.717) is 10.7 Å². The molecule has 3 aromatic rings. The van der Waals surface area contributed by atoms with Gasteiger partial charge < -0.3 is 0 Å². The van der Waals surface area contributed by atoms with E-state index in [1.54, 1.807) is 0 Å². The van der Waals surface area contributed by atoms with Crippen molar-refractivity contribution in [1.82, 2.24) is 10.2 Å². The summed E-state index contributed by atoms with van der Waals surface area (Å²) in [5.41, 5.74) is 2.45. The van der Waals surface area contributed by atoms with Gasteiger partial charge in [-0.15, -0.1) is 10.2 Å². The summed E-state index contributed by atoms with van der Waals surface area (Å²) >= 11 is 1.30. The quantitative estimate of drug-likeness (QED) is 0.797. The van der Waals surface area contributed by atoms with Crippen LogP contribution in [0.3, 0.4) is 0 Å². The van der Waals surface area contributed by atoms with E-state index in [9.17, 15) is 9.18 Å². The number of hydrogen-bond acceptors (Lipinski definition) is 4. The summed E-state index contributed by atoms with van der Waals surface area (Å²) in [5.74, 6) is -0.721. The van der Waals surface area contributed by atoms with Crippen molar-refractivity contribution in [3.63, 3.8) is 0 Å². The molecule has 0 aliphatic rings. The SMILES string of the molecule is Cc1ccccc1-c1nnc(NC(=O)c2ccc(F)cc2)s1. The van der Waals surface area contributed by atoms with Gasteiger partial charge in [-0.25, -0.2) is 4.39 Å². The number of halogens is 1. The van der Waals surface area contributed by atoms with Crippen molar-refractivity contribution in [2.75, 3.05) is 5.32 Å². The third-order valence-electron chi connectivity index (χ3n) is 3.13. The molecular weight excluding hydrogens is 301 g/mol. The lowest BCUT2D eigenvalue weighted by atomic mass is 10.1. The predicted molar refractivity (Wildman–Crippen MR) is 84.4 cm³/mol. The van der Waals surface area contributed by atoms with E-state index in [4.69, 9.17) is 0 Å². The molecule has 3 rings (SSSR count). The summed E-state index contributed by atoms with van der Waals surface area (Å²) in [7, 11) is 0. The Bertz CT molecular complexity index is 814. The first kappa shape index (κ1) is 14.3. The summed E-state index contributed by atoms with van der Waals surface area (Å²) < 4.78 is 12.9. The van der Waals surface area contributed by atoms with Gasteiger partial charge in [-0.2, -0.15) is 0 Å². The Labute approximate surface area is 130 Å². The number of aryl methyl sites for hydroxylation is 1. The molecule has 0 unspecified atom stereocenters. The molecule has 0 saturated heterocycles. The maximum absolute atomic E-state index is 12.9. The maximum atomic E-state index is 12.9. The van der Waals surface area contributed by atoms with Gasteiger partial charge in [0.25, 0.3) is 5.91 Å². The number of nitrogens with one attached hydrogen (secondary N) is 1. The van der Waals surface area contributed by atoms with Crippen LogP contribution in [0.4, 0.5) is 9.52 Å². The van der Waals surface area contributed by atoms with Gasteiger partial charge in [-0.05, 0) is 36.8 Å². The van der Waals surface area contributed by atoms with E-state index in [2.05, 4.69) is 15.5 Å². The highest BCUT2D eigenvalue weighted by Gasteiger charge is 2.12. The van der Waals surface area contributed by atoms with E-state index >= 15 is 0 Å². The maximum Gasteiger partial charge on any atom is 0.257 e. The van der Waals surface area contributed by atoms with E-state index in [1.165, 1.54) is 35.6 Å². The van der Waals surface area contributed by atoms with Crippen molar-refractivity contribution in [2.24, 2.45) is 0 Å². The van der Waals surface area contributed by atoms with Crippen molar-refractivity contribution in [3.8, 4) is 10.6 Å². The van der Waals surface area contributed by atoms with Crippen molar-refractivity contribution in [3.05, 3.63) is 65.5 Å². The monoisotopic (exact) mass is 313 g/mol. The molecule has 1 aromatic heterocycles. The minimum atomic E-state index is -0.380. The Kier molecular flexibility index (Phi) is 3.93. The van der Waals surface area contributed by atoms with Crippen molar-refractivity contribution in [1.29, 1.82) is 0 Å². The Hall–Kier alpha value is -2.60. The molecular formula is C16H12FN3OS. The Balaban J connectivity index is 1.78. The minimum Gasteiger partial charge on any atom is -0.296 e. The second-order valence-corrected chi connectivity index (χ2v) is 5.67. The lowest BCUT2D eigenvalue weighted by molar-refractivity contribution is 0.102. The van der Waals surface area contributed by atoms with Crippen molar-refractivity contribution >= 4 is 22.4 Å². The molecule has 1 N–H and O–H groups in total. The van der Waals surface area contributed by atoms with Crippen LogP contribution in [-0.2, 0) is 0 Å². The molecule has 0 bridgehead atoms. The van der Waals surface area contributed by atoms with Gasteiger partial charge in [0.2, 0.25) is 5.13 Å². The summed E-state index contributed by atoms with van der Waals surface area (Å²) in [6, 6.07) is 13.2. The molecule has 110 valence electrons. The van der Waals surface area contributed by atoms with Gasteiger partial charge in [-0.3, -0.25) is 10.1 Å². The molecule has 0 aliphatic carbocycles. The largest absolute Gasteiger partial charge is 0.296 e. The van der Waals surface area contributed by atoms with Crippen LogP contribution in [0.15, 0.2) is 48.5 Å². The highest BCUT2D eigenvalue weighted by molar-refractivity contribution is 7.18. The first-order valence-corrected chi connectivity index (χ1v) is 7.41. The second-order valence-electron chi connectivity index (χ2n) is 4.69. The van der Waals surface area contributed by atoms with Gasteiger partial charge >= 0.3 is 0 Å². The molecule has 1 amide bonds. The number of amides is 1. The standard InChI is InChI=1S/C16H12FN3OS/c1-10-4-2-3-5-13(10)15-19-20-16(22-15)18-14(21)11-6-8-12(17)9-7-11/h2-9H,1H3,(H,18,20,21). The average Bonchev–Trinajstić information content (AvgIpc) is 2.96. The minimum absolute atomic E-state index is 0.340. The van der Waals surface area contributed by atoms with Crippen LogP contribution in [0.1, 0.15) is 15.9 Å². The third kappa shape index (κ3) is 3.01. The second kappa shape index (κ2) is 6.03. The fraction of sp³-hybridized carbons (Fsp3) is 0.0625. The van der Waals surface area contributed by atoms with Crippen LogP contribution in [0.5, 0.6) is 0 Å². The summed E-state index contributed by atoms with van der Waals surface area (Å²) in [6.45, 7) is 1.99. The normalized spacial score (nSPS) is 10.5. The van der Waals surface area contributed by atoms with Crippen molar-refractivity contribution in [2.45, 2.75) is 6.92 Å². The topological polar surface area (TPSA) is 54.9 Å². The fourth-order valence-corrected chi connectivity index (χ4v) is 2.80. The Morgan fingerprint density at radius 3 is 2.55 bits per heavy atom. The number of benzene rings is 2. The van der Waals surface area contributed by atoms with Gasteiger partial charge in [0, 0.05) is 11.1 Å². The zero-order valence-electron chi connectivity index (χ0n) is 11.7. The number of nitrogens with zero attached hydrogens (tertiary/aromatic N) is 2. The average molecular weight is 313 g/mol. The number of anilines is 1. The molecule has 2 aromatic carbocycles. The molecule has 0 atom stereocenters. The number of carbonyl (C=O) groups is 1. The molecule has 22 heavy (non-hydrogen) atoms. The van der Waals surface area contributed by atoms with Crippen molar-refractivity contribution < 1.29 is 9.18 Å². The van der Waals surface area contributed by atoms with Gasteiger partial charge in [0.1, 0.15) is 10.8 Å². The van der Waals surface area contributed by atoms with Crippen LogP contribution in [0.25, 0.3) is 10.6 Å². The zero-order valence-corrected chi connectivity index (χ0v) is 12.5. The predicted octanol–water partition coefficient (Wildman–Crippen LogP) is 3.90. The number of rotatable bonds is 3. The Morgan fingerprint density at radius 1 is 1.09 bits per heavy atom. The van der Waals surface area contributed by atoms with Crippen LogP contribution >= 0.6 is 11.3 Å². The number of carbonyl (C=O) groups excluding carboxylic acids is 1. The molecule has 1 heterocycles. The molecule has 0 saturated carbocycles. The highest BCUT2D eigenvalue weighted by atomic mass is 32.1. The number of aromatic nitrogens is 2. The van der Waals surface area contributed by atoms with E-state index in [0.717, 1.165) is 16.1 Å². The molecule has 0 spiro atoms. The van der Waals surface area contributed by atoms with Gasteiger partial charge in [-0.1, -0.05) is 35.6 Å². The first-order chi connectivity index (χ1) is 10.6. The highest BCUT2D eigenvalue weighted by Crippen LogP contribution is 2.28. The number of hydrogen-bond donors (Lipinski definition) is 1. The lowest BCUT2D eigenvalue weighted by Crippen LogP contribution is -2.11. The molecule has 6 heteroatoms. The molecule has 0 aliphatic heterocycles. The van der Waals surface area contributed by atoms with E-state index in [1.807, 2.05) is 31.2 Å².